The van der Waals surface area contributed by atoms with Crippen LogP contribution in [0.1, 0.15) is 0 Å². The molecule has 5 rings (SSSR count). The number of benzene rings is 2. The number of fused-ring (bicyclic) bond motifs is 1. The standard InChI is InChI=1S/C30H36O16/c1-38-16-7-20(41-4)18(39-2)5-13(16)15-10-42-17-8-21(19(40-3)6-14(17)23(15)33)44-28-26(25(35)24(34)22(9-31)45-28)46-29-27(36)30(37,11-32)12-43-29/h5-8,10,22,24-29,31-32,34-37H,9,11-12H2,1-4H3/t22-,24-,25+,26-,27+,28-,29+,30-/m1/s1. The van der Waals surface area contributed by atoms with Crippen molar-refractivity contribution in [3.63, 3.8) is 0 Å². The first-order chi connectivity index (χ1) is 22.0. The molecule has 2 aliphatic rings. The third-order valence-corrected chi connectivity index (χ3v) is 7.99. The Morgan fingerprint density at radius 3 is 2.09 bits per heavy atom. The van der Waals surface area contributed by atoms with Crippen molar-refractivity contribution in [2.24, 2.45) is 0 Å². The molecule has 46 heavy (non-hydrogen) atoms. The molecule has 2 saturated heterocycles. The quantitative estimate of drug-likeness (QED) is 0.148. The molecule has 0 unspecified atom stereocenters. The van der Waals surface area contributed by atoms with Gasteiger partial charge < -0.3 is 73.0 Å². The number of hydrogen-bond donors (Lipinski definition) is 6. The highest BCUT2D eigenvalue weighted by molar-refractivity contribution is 5.86. The first kappa shape index (κ1) is 33.6. The van der Waals surface area contributed by atoms with E-state index in [1.165, 1.54) is 46.8 Å². The van der Waals surface area contributed by atoms with Crippen LogP contribution in [0, 0.1) is 0 Å². The van der Waals surface area contributed by atoms with Gasteiger partial charge in [-0.05, 0) is 12.1 Å². The third-order valence-electron chi connectivity index (χ3n) is 7.99. The van der Waals surface area contributed by atoms with Crippen LogP contribution < -0.4 is 29.1 Å². The molecule has 0 saturated carbocycles. The van der Waals surface area contributed by atoms with E-state index in [4.69, 9.17) is 42.3 Å². The van der Waals surface area contributed by atoms with Crippen molar-refractivity contribution in [1.29, 1.82) is 0 Å². The van der Waals surface area contributed by atoms with Gasteiger partial charge in [0.05, 0.1) is 59.2 Å². The maximum atomic E-state index is 13.7. The topological polar surface area (TPSA) is 225 Å². The zero-order valence-corrected chi connectivity index (χ0v) is 25.3. The first-order valence-corrected chi connectivity index (χ1v) is 14.0. The molecule has 0 amide bonds. The average Bonchev–Trinajstić information content (AvgIpc) is 3.36. The van der Waals surface area contributed by atoms with Crippen LogP contribution in [0.5, 0.6) is 28.7 Å². The Morgan fingerprint density at radius 2 is 1.48 bits per heavy atom. The summed E-state index contributed by atoms with van der Waals surface area (Å²) in [4.78, 5) is 13.7. The molecule has 16 nitrogen and oxygen atoms in total. The molecule has 6 N–H and O–H groups in total. The second-order valence-corrected chi connectivity index (χ2v) is 10.7. The lowest BCUT2D eigenvalue weighted by molar-refractivity contribution is -0.319. The summed E-state index contributed by atoms with van der Waals surface area (Å²) in [6, 6.07) is 5.85. The summed E-state index contributed by atoms with van der Waals surface area (Å²) >= 11 is 0. The summed E-state index contributed by atoms with van der Waals surface area (Å²) < 4.78 is 50.2. The first-order valence-electron chi connectivity index (χ1n) is 14.0. The lowest BCUT2D eigenvalue weighted by Crippen LogP contribution is -2.62. The summed E-state index contributed by atoms with van der Waals surface area (Å²) in [7, 11) is 5.68. The molecular weight excluding hydrogens is 616 g/mol. The van der Waals surface area contributed by atoms with Crippen molar-refractivity contribution in [2.45, 2.75) is 48.7 Å². The maximum absolute atomic E-state index is 13.7. The summed E-state index contributed by atoms with van der Waals surface area (Å²) in [6.07, 6.45) is -9.89. The van der Waals surface area contributed by atoms with Gasteiger partial charge in [0.2, 0.25) is 11.7 Å². The number of aliphatic hydroxyl groups is 6. The minimum atomic E-state index is -2.04. The maximum Gasteiger partial charge on any atom is 0.229 e. The Bertz CT molecular complexity index is 1590. The molecule has 2 aliphatic heterocycles. The number of hydrogen-bond acceptors (Lipinski definition) is 16. The van der Waals surface area contributed by atoms with Crippen molar-refractivity contribution in [2.75, 3.05) is 48.3 Å². The van der Waals surface area contributed by atoms with Gasteiger partial charge in [0.1, 0.15) is 47.6 Å². The Balaban J connectivity index is 1.51. The summed E-state index contributed by atoms with van der Waals surface area (Å²) in [5.74, 6) is 1.06. The van der Waals surface area contributed by atoms with Gasteiger partial charge in [-0.25, -0.2) is 0 Å². The highest BCUT2D eigenvalue weighted by Gasteiger charge is 2.53. The monoisotopic (exact) mass is 652 g/mol. The molecule has 252 valence electrons. The van der Waals surface area contributed by atoms with Crippen molar-refractivity contribution >= 4 is 11.0 Å². The zero-order chi connectivity index (χ0) is 33.3. The molecule has 16 heteroatoms. The van der Waals surface area contributed by atoms with E-state index in [0.29, 0.717) is 22.8 Å². The fourth-order valence-electron chi connectivity index (χ4n) is 5.30. The van der Waals surface area contributed by atoms with E-state index in [0.717, 1.165) is 0 Å². The van der Waals surface area contributed by atoms with E-state index in [1.54, 1.807) is 12.1 Å². The van der Waals surface area contributed by atoms with Gasteiger partial charge in [0.15, 0.2) is 35.4 Å². The van der Waals surface area contributed by atoms with E-state index in [1.807, 2.05) is 0 Å². The van der Waals surface area contributed by atoms with Gasteiger partial charge >= 0.3 is 0 Å². The van der Waals surface area contributed by atoms with E-state index < -0.39 is 74.0 Å². The van der Waals surface area contributed by atoms with Crippen LogP contribution in [-0.4, -0.2) is 128 Å². The van der Waals surface area contributed by atoms with Crippen LogP contribution in [0.4, 0.5) is 0 Å². The molecule has 2 aromatic carbocycles. The zero-order valence-electron chi connectivity index (χ0n) is 25.3. The Morgan fingerprint density at radius 1 is 0.826 bits per heavy atom. The second-order valence-electron chi connectivity index (χ2n) is 10.7. The van der Waals surface area contributed by atoms with Gasteiger partial charge in [0, 0.05) is 17.7 Å². The predicted molar refractivity (Wildman–Crippen MR) is 155 cm³/mol. The van der Waals surface area contributed by atoms with Crippen molar-refractivity contribution in [1.82, 2.24) is 0 Å². The van der Waals surface area contributed by atoms with Crippen molar-refractivity contribution in [3.05, 3.63) is 40.8 Å². The van der Waals surface area contributed by atoms with Gasteiger partial charge in [-0.2, -0.15) is 0 Å². The Kier molecular flexibility index (Phi) is 9.92. The molecular formula is C30H36O16. The Labute approximate surface area is 261 Å². The molecule has 0 aliphatic carbocycles. The molecule has 3 heterocycles. The largest absolute Gasteiger partial charge is 0.496 e. The second kappa shape index (κ2) is 13.6. The van der Waals surface area contributed by atoms with E-state index in [9.17, 15) is 35.4 Å². The molecule has 1 aromatic heterocycles. The van der Waals surface area contributed by atoms with E-state index in [-0.39, 0.29) is 28.0 Å². The minimum absolute atomic E-state index is 0.0338. The van der Waals surface area contributed by atoms with Crippen LogP contribution in [0.15, 0.2) is 39.7 Å². The van der Waals surface area contributed by atoms with Crippen LogP contribution >= 0.6 is 0 Å². The SMILES string of the molecule is COc1cc(OC)c(-c2coc3cc(O[C@@H]4O[C@H](CO)[C@@H](O)[C@H](O)[C@H]4O[C@@H]4OC[C@](O)(CO)[C@H]4O)c(OC)cc3c2=O)cc1OC. The molecule has 3 aromatic rings. The van der Waals surface area contributed by atoms with Crippen LogP contribution in [0.2, 0.25) is 0 Å². The fourth-order valence-corrected chi connectivity index (χ4v) is 5.30. The number of rotatable bonds is 11. The lowest BCUT2D eigenvalue weighted by Gasteiger charge is -2.42. The van der Waals surface area contributed by atoms with Crippen LogP contribution in [-0.2, 0) is 14.2 Å². The molecule has 2 fully saturated rings. The highest BCUT2D eigenvalue weighted by atomic mass is 16.8. The van der Waals surface area contributed by atoms with E-state index >= 15 is 0 Å². The smallest absolute Gasteiger partial charge is 0.229 e. The van der Waals surface area contributed by atoms with Gasteiger partial charge in [0.25, 0.3) is 0 Å². The number of methoxy groups -OCH3 is 4. The summed E-state index contributed by atoms with van der Waals surface area (Å²) in [5, 5.41) is 61.6. The van der Waals surface area contributed by atoms with Crippen molar-refractivity contribution in [3.8, 4) is 39.9 Å². The fraction of sp³-hybridized carbons (Fsp3) is 0.500. The van der Waals surface area contributed by atoms with Crippen LogP contribution in [0.25, 0.3) is 22.1 Å². The van der Waals surface area contributed by atoms with Crippen molar-refractivity contribution < 1.29 is 73.0 Å². The molecule has 8 atom stereocenters. The Hall–Kier alpha value is -3.71. The van der Waals surface area contributed by atoms with Crippen LogP contribution in [0.3, 0.4) is 0 Å². The van der Waals surface area contributed by atoms with Gasteiger partial charge in [-0.1, -0.05) is 0 Å². The highest BCUT2D eigenvalue weighted by Crippen LogP contribution is 2.41. The third kappa shape index (κ3) is 5.94. The van der Waals surface area contributed by atoms with Gasteiger partial charge in [-0.3, -0.25) is 4.79 Å². The van der Waals surface area contributed by atoms with E-state index in [2.05, 4.69) is 0 Å². The number of ether oxygens (including phenoxy) is 8. The molecule has 0 radical (unpaired) electrons. The minimum Gasteiger partial charge on any atom is -0.496 e. The number of aliphatic hydroxyl groups excluding tert-OH is 5. The lowest BCUT2D eigenvalue weighted by atomic mass is 9.98. The summed E-state index contributed by atoms with van der Waals surface area (Å²) in [5.41, 5.74) is -1.90. The molecule has 0 bridgehead atoms. The average molecular weight is 653 g/mol. The normalized spacial score (nSPS) is 29.5. The van der Waals surface area contributed by atoms with Gasteiger partial charge in [-0.15, -0.1) is 0 Å². The molecule has 0 spiro atoms. The summed E-state index contributed by atoms with van der Waals surface area (Å²) in [6.45, 7) is -2.03. The predicted octanol–water partition coefficient (Wildman–Crippen LogP) is -0.862.